The Morgan fingerprint density at radius 2 is 0.458 bits per heavy atom. The second-order valence-corrected chi connectivity index (χ2v) is 15.3. The first-order valence-corrected chi connectivity index (χ1v) is 13.4. The number of ether oxygens (including phenoxy) is 6. The fourth-order valence-electron chi connectivity index (χ4n) is 1.52. The van der Waals surface area contributed by atoms with Gasteiger partial charge in [-0.05, 0) is 0 Å². The first kappa shape index (κ1) is 28.2. The maximum atomic E-state index is 4.95. The van der Waals surface area contributed by atoms with E-state index >= 15 is 0 Å². The van der Waals surface area contributed by atoms with Gasteiger partial charge in [-0.3, -0.25) is 0 Å². The van der Waals surface area contributed by atoms with Gasteiger partial charge < -0.3 is 28.4 Å². The van der Waals surface area contributed by atoms with Gasteiger partial charge in [-0.25, -0.2) is 0 Å². The van der Waals surface area contributed by atoms with E-state index in [9.17, 15) is 0 Å². The molecule has 24 heavy (non-hydrogen) atoms. The summed E-state index contributed by atoms with van der Waals surface area (Å²) >= 11 is 0. The van der Waals surface area contributed by atoms with Crippen LogP contribution in [0.3, 0.4) is 0 Å². The Morgan fingerprint density at radius 3 is 0.542 bits per heavy atom. The molecule has 0 unspecified atom stereocenters. The Labute approximate surface area is 173 Å². The van der Waals surface area contributed by atoms with Crippen molar-refractivity contribution in [1.82, 2.24) is 0 Å². The van der Waals surface area contributed by atoms with Gasteiger partial charge in [0, 0.05) is 0 Å². The van der Waals surface area contributed by atoms with E-state index in [-0.39, 0.29) is 17.1 Å². The Morgan fingerprint density at radius 1 is 0.375 bits per heavy atom. The van der Waals surface area contributed by atoms with Crippen LogP contribution in [0.2, 0.25) is 0 Å². The molecule has 1 saturated heterocycles. The minimum Gasteiger partial charge on any atom is 3.00 e. The fourth-order valence-corrected chi connectivity index (χ4v) is 1.52. The normalized spacial score (nSPS) is 21.2. The van der Waals surface area contributed by atoms with E-state index in [4.69, 9.17) is 40.4 Å². The molecule has 1 aliphatic heterocycles. The molecule has 0 aliphatic carbocycles. The molecule has 150 valence electrons. The SMILES string of the molecule is C1C[OH+]CC[OH+]CC[OH+]CC[OH+]CC[OH+]CC[OH+]1.[Cl][Fe-]([Cl])([Cl])[Cl].[Fe+3]. The maximum Gasteiger partial charge on any atom is 3.00 e. The van der Waals surface area contributed by atoms with Crippen LogP contribution in [0.4, 0.5) is 0 Å². The van der Waals surface area contributed by atoms with E-state index in [1.807, 2.05) is 0 Å². The summed E-state index contributed by atoms with van der Waals surface area (Å²) in [6, 6.07) is 0. The van der Waals surface area contributed by atoms with Gasteiger partial charge in [0.05, 0.1) is 0 Å². The summed E-state index contributed by atoms with van der Waals surface area (Å²) in [5, 5.41) is 0. The molecule has 0 amide bonds. The van der Waals surface area contributed by atoms with E-state index in [0.29, 0.717) is 0 Å². The summed E-state index contributed by atoms with van der Waals surface area (Å²) in [5.74, 6) is 0. The summed E-state index contributed by atoms with van der Waals surface area (Å²) in [4.78, 5) is 0. The van der Waals surface area contributed by atoms with E-state index < -0.39 is 9.20 Å². The summed E-state index contributed by atoms with van der Waals surface area (Å²) in [6.45, 7) is 9.78. The predicted molar refractivity (Wildman–Crippen MR) is 95.1 cm³/mol. The van der Waals surface area contributed by atoms with Crippen LogP contribution >= 0.6 is 40.4 Å². The molecule has 0 aromatic heterocycles. The molecule has 1 radical (unpaired) electrons. The quantitative estimate of drug-likeness (QED) is 0.315. The molecule has 1 aliphatic rings. The first-order chi connectivity index (χ1) is 11.0. The Hall–Kier alpha value is 1.96. The minimum atomic E-state index is -2.61. The molecule has 0 bridgehead atoms. The molecule has 1 heterocycles. The van der Waals surface area contributed by atoms with Gasteiger partial charge in [-0.1, -0.05) is 0 Å². The maximum absolute atomic E-state index is 4.95. The molecule has 6 N–H and O–H groups in total. The van der Waals surface area contributed by atoms with Crippen molar-refractivity contribution in [3.05, 3.63) is 0 Å². The average molecular weight is 524 g/mol. The molecule has 0 aromatic carbocycles. The summed E-state index contributed by atoms with van der Waals surface area (Å²) in [6.07, 6.45) is 0. The Bertz CT molecular complexity index is 171. The third kappa shape index (κ3) is 31.7. The molecule has 0 saturated carbocycles. The fraction of sp³-hybridized carbons (Fsp3) is 1.00. The Balaban J connectivity index is 0. The Kier molecular flexibility index (Phi) is 25.0. The van der Waals surface area contributed by atoms with Gasteiger partial charge >= 0.3 is 66.7 Å². The molecule has 12 heteroatoms. The molecular formula is C12H30Cl4Fe2O6+8. The number of hydrogen-bond donors (Lipinski definition) is 0. The van der Waals surface area contributed by atoms with Crippen molar-refractivity contribution in [2.45, 2.75) is 0 Å². The standard InChI is InChI=1S/C12H24O6.4ClH.2Fe/c1-2-14-5-6-16-9-10-18-12-11-17-8-7-15-4-3-13-1;;;;;;/h1-12H2;4*1H;;/q;;;;;2*+3/p+2. The van der Waals surface area contributed by atoms with Crippen LogP contribution < -0.4 is 0 Å². The predicted octanol–water partition coefficient (Wildman–Crippen LogP) is -0.0790. The van der Waals surface area contributed by atoms with E-state index in [2.05, 4.69) is 28.4 Å². The van der Waals surface area contributed by atoms with Crippen LogP contribution in [0, 0.1) is 0 Å². The summed E-state index contributed by atoms with van der Waals surface area (Å²) < 4.78 is 26.2. The van der Waals surface area contributed by atoms with Gasteiger partial charge in [0.15, 0.2) is 0 Å². The molecule has 6 nitrogen and oxygen atoms in total. The number of aliphatic hydroxyl groups is 12. The van der Waals surface area contributed by atoms with Crippen molar-refractivity contribution in [3.63, 3.8) is 0 Å². The van der Waals surface area contributed by atoms with Gasteiger partial charge in [-0.15, -0.1) is 0 Å². The second kappa shape index (κ2) is 21.3. The van der Waals surface area contributed by atoms with Crippen LogP contribution in [0.1, 0.15) is 0 Å². The van der Waals surface area contributed by atoms with Crippen LogP contribution in [0.15, 0.2) is 0 Å². The third-order valence-electron chi connectivity index (χ3n) is 2.50. The van der Waals surface area contributed by atoms with E-state index in [1.54, 1.807) is 0 Å². The van der Waals surface area contributed by atoms with Crippen LogP contribution in [0.25, 0.3) is 0 Å². The van der Waals surface area contributed by atoms with E-state index in [1.165, 1.54) is 0 Å². The third-order valence-corrected chi connectivity index (χ3v) is 2.50. The van der Waals surface area contributed by atoms with Gasteiger partial charge in [0.2, 0.25) is 79.3 Å². The van der Waals surface area contributed by atoms with Crippen molar-refractivity contribution in [1.29, 1.82) is 0 Å². The number of rotatable bonds is 0. The summed E-state index contributed by atoms with van der Waals surface area (Å²) in [7, 11) is 17.2. The second-order valence-electron chi connectivity index (χ2n) is 4.33. The van der Waals surface area contributed by atoms with Gasteiger partial charge in [0.25, 0.3) is 0 Å². The van der Waals surface area contributed by atoms with Gasteiger partial charge in [0.1, 0.15) is 0 Å². The molecule has 1 fully saturated rings. The van der Waals surface area contributed by atoms with Gasteiger partial charge in [-0.2, -0.15) is 0 Å². The minimum absolute atomic E-state index is 0. The summed E-state index contributed by atoms with van der Waals surface area (Å²) in [5.41, 5.74) is 0. The average Bonchev–Trinajstić information content (AvgIpc) is 2.46. The topological polar surface area (TPSA) is 76.8 Å². The number of halogens is 4. The van der Waals surface area contributed by atoms with E-state index in [0.717, 1.165) is 79.3 Å². The molecule has 0 aromatic rings. The zero-order chi connectivity index (χ0) is 17.2. The molecule has 0 spiro atoms. The molecule has 0 atom stereocenters. The first-order valence-electron chi connectivity index (χ1n) is 7.33. The van der Waals surface area contributed by atoms with Crippen molar-refractivity contribution in [3.8, 4) is 0 Å². The zero-order valence-electron chi connectivity index (χ0n) is 13.4. The largest absolute Gasteiger partial charge is 3.00 e. The monoisotopic (exact) mass is 522 g/mol. The van der Waals surface area contributed by atoms with Crippen molar-refractivity contribution < 1.29 is 54.7 Å². The van der Waals surface area contributed by atoms with Crippen LogP contribution in [-0.2, 0) is 26.3 Å². The van der Waals surface area contributed by atoms with Crippen LogP contribution in [-0.4, -0.2) is 108 Å². The van der Waals surface area contributed by atoms with Crippen LogP contribution in [0.5, 0.6) is 0 Å². The van der Waals surface area contributed by atoms with Crippen molar-refractivity contribution in [2.75, 3.05) is 79.3 Å². The molecular weight excluding hydrogens is 494 g/mol. The zero-order valence-corrected chi connectivity index (χ0v) is 18.6. The molecule has 1 rings (SSSR count). The number of hydrogen-bond acceptors (Lipinski definition) is 0. The van der Waals surface area contributed by atoms with Crippen molar-refractivity contribution >= 4 is 40.4 Å². The smallest absolute Gasteiger partial charge is 3.00 e. The van der Waals surface area contributed by atoms with Crippen molar-refractivity contribution in [2.24, 2.45) is 0 Å².